The van der Waals surface area contributed by atoms with E-state index in [0.29, 0.717) is 12.6 Å². The number of aromatic nitrogens is 1. The largest absolute Gasteiger partial charge is 0.508 e. The van der Waals surface area contributed by atoms with Crippen LogP contribution >= 0.6 is 0 Å². The van der Waals surface area contributed by atoms with Crippen LogP contribution in [-0.4, -0.2) is 29.2 Å². The molecule has 0 radical (unpaired) electrons. The average molecular weight is 259 g/mol. The van der Waals surface area contributed by atoms with Crippen LogP contribution < -0.4 is 10.6 Å². The van der Waals surface area contributed by atoms with E-state index >= 15 is 0 Å². The molecule has 0 aliphatic heterocycles. The molecule has 1 aromatic carbocycles. The number of nitrogens with two attached hydrogens (primary N) is 1. The molecule has 0 atom stereocenters. The maximum atomic E-state index is 9.68. The fourth-order valence-corrected chi connectivity index (χ4v) is 2.24. The number of phenolic OH excluding ortho intramolecular Hbond substituents is 1. The number of aromatic hydroxyl groups is 1. The molecule has 0 bridgehead atoms. The molecular formula is C15H21N3O. The van der Waals surface area contributed by atoms with Gasteiger partial charge in [0.05, 0.1) is 0 Å². The monoisotopic (exact) mass is 259 g/mol. The van der Waals surface area contributed by atoms with Crippen molar-refractivity contribution in [2.45, 2.75) is 26.3 Å². The van der Waals surface area contributed by atoms with Crippen LogP contribution in [0.2, 0.25) is 0 Å². The van der Waals surface area contributed by atoms with Crippen LogP contribution in [0.15, 0.2) is 30.5 Å². The Bertz CT molecular complexity index is 554. The number of hydrogen-bond donors (Lipinski definition) is 2. The summed E-state index contributed by atoms with van der Waals surface area (Å²) < 4.78 is 0. The molecule has 0 fully saturated rings. The van der Waals surface area contributed by atoms with Crippen LogP contribution in [0, 0.1) is 0 Å². The molecule has 3 N–H and O–H groups in total. The highest BCUT2D eigenvalue weighted by Crippen LogP contribution is 2.28. The van der Waals surface area contributed by atoms with E-state index < -0.39 is 0 Å². The number of fused-ring (bicyclic) bond motifs is 1. The predicted molar refractivity (Wildman–Crippen MR) is 79.6 cm³/mol. The number of benzene rings is 1. The summed E-state index contributed by atoms with van der Waals surface area (Å²) in [5, 5.41) is 11.7. The number of phenols is 1. The number of anilines is 1. The Kier molecular flexibility index (Phi) is 4.22. The Morgan fingerprint density at radius 2 is 2.11 bits per heavy atom. The highest BCUT2D eigenvalue weighted by molar-refractivity contribution is 5.93. The van der Waals surface area contributed by atoms with E-state index in [-0.39, 0.29) is 5.75 Å². The van der Waals surface area contributed by atoms with Crippen LogP contribution in [0.3, 0.4) is 0 Å². The Morgan fingerprint density at radius 1 is 1.32 bits per heavy atom. The minimum absolute atomic E-state index is 0.268. The van der Waals surface area contributed by atoms with E-state index in [2.05, 4.69) is 23.7 Å². The summed E-state index contributed by atoms with van der Waals surface area (Å²) in [6.45, 7) is 5.81. The normalized spacial score (nSPS) is 11.2. The van der Waals surface area contributed by atoms with Crippen molar-refractivity contribution in [1.82, 2.24) is 4.98 Å². The molecule has 0 saturated heterocycles. The molecule has 2 rings (SSSR count). The molecular weight excluding hydrogens is 238 g/mol. The Labute approximate surface area is 113 Å². The summed E-state index contributed by atoms with van der Waals surface area (Å²) in [5.74, 6) is 1.18. The molecule has 4 heteroatoms. The van der Waals surface area contributed by atoms with Gasteiger partial charge in [-0.1, -0.05) is 6.07 Å². The third-order valence-electron chi connectivity index (χ3n) is 3.23. The summed E-state index contributed by atoms with van der Waals surface area (Å²) in [5.41, 5.74) is 5.60. The lowest BCUT2D eigenvalue weighted by Gasteiger charge is -2.28. The second kappa shape index (κ2) is 5.89. The molecule has 0 unspecified atom stereocenters. The number of hydrogen-bond acceptors (Lipinski definition) is 4. The maximum Gasteiger partial charge on any atom is 0.136 e. The SMILES string of the molecule is CC(C)N(CCCN)c1nccc2ccc(O)cc12. The van der Waals surface area contributed by atoms with Gasteiger partial charge in [0.25, 0.3) is 0 Å². The van der Waals surface area contributed by atoms with E-state index in [9.17, 15) is 5.11 Å². The summed E-state index contributed by atoms with van der Waals surface area (Å²) in [4.78, 5) is 6.73. The standard InChI is InChI=1S/C15H21N3O/c1-11(2)18(9-3-7-16)15-14-10-13(19)5-4-12(14)6-8-17-15/h4-6,8,10-11,19H,3,7,9,16H2,1-2H3. The predicted octanol–water partition coefficient (Wildman–Crippen LogP) is 2.50. The second-order valence-electron chi connectivity index (χ2n) is 4.97. The molecule has 0 amide bonds. The molecule has 2 aromatic rings. The van der Waals surface area contributed by atoms with Crippen LogP contribution in [-0.2, 0) is 0 Å². The molecule has 1 aromatic heterocycles. The molecule has 1 heterocycles. The van der Waals surface area contributed by atoms with Gasteiger partial charge in [-0.2, -0.15) is 0 Å². The van der Waals surface area contributed by atoms with Gasteiger partial charge in [0, 0.05) is 24.2 Å². The van der Waals surface area contributed by atoms with Crippen molar-refractivity contribution in [3.05, 3.63) is 30.5 Å². The number of pyridine rings is 1. The van der Waals surface area contributed by atoms with Crippen molar-refractivity contribution < 1.29 is 5.11 Å². The van der Waals surface area contributed by atoms with Crippen molar-refractivity contribution in [2.75, 3.05) is 18.0 Å². The molecule has 0 aliphatic rings. The summed E-state index contributed by atoms with van der Waals surface area (Å²) in [7, 11) is 0. The van der Waals surface area contributed by atoms with Gasteiger partial charge in [0.1, 0.15) is 11.6 Å². The first-order valence-electron chi connectivity index (χ1n) is 6.68. The fraction of sp³-hybridized carbons (Fsp3) is 0.400. The molecule has 102 valence electrons. The van der Waals surface area contributed by atoms with Crippen LogP contribution in [0.5, 0.6) is 5.75 Å². The molecule has 0 spiro atoms. The zero-order valence-corrected chi connectivity index (χ0v) is 11.5. The smallest absolute Gasteiger partial charge is 0.136 e. The van der Waals surface area contributed by atoms with Crippen LogP contribution in [0.25, 0.3) is 10.8 Å². The van der Waals surface area contributed by atoms with Gasteiger partial charge in [-0.15, -0.1) is 0 Å². The van der Waals surface area contributed by atoms with Gasteiger partial charge < -0.3 is 15.7 Å². The fourth-order valence-electron chi connectivity index (χ4n) is 2.24. The highest BCUT2D eigenvalue weighted by atomic mass is 16.3. The van der Waals surface area contributed by atoms with Crippen LogP contribution in [0.1, 0.15) is 20.3 Å². The molecule has 0 saturated carbocycles. The number of nitrogens with zero attached hydrogens (tertiary/aromatic N) is 2. The van der Waals surface area contributed by atoms with Crippen LogP contribution in [0.4, 0.5) is 5.82 Å². The summed E-state index contributed by atoms with van der Waals surface area (Å²) in [6.07, 6.45) is 2.74. The zero-order chi connectivity index (χ0) is 13.8. The van der Waals surface area contributed by atoms with Crippen molar-refractivity contribution in [3.8, 4) is 5.75 Å². The minimum Gasteiger partial charge on any atom is -0.508 e. The van der Waals surface area contributed by atoms with Crippen molar-refractivity contribution in [2.24, 2.45) is 5.73 Å². The first-order valence-corrected chi connectivity index (χ1v) is 6.68. The Hall–Kier alpha value is -1.81. The second-order valence-corrected chi connectivity index (χ2v) is 4.97. The number of rotatable bonds is 5. The Morgan fingerprint density at radius 3 is 2.79 bits per heavy atom. The quantitative estimate of drug-likeness (QED) is 0.866. The third kappa shape index (κ3) is 2.96. The van der Waals surface area contributed by atoms with Gasteiger partial charge >= 0.3 is 0 Å². The first-order chi connectivity index (χ1) is 9.13. The zero-order valence-electron chi connectivity index (χ0n) is 11.5. The lowest BCUT2D eigenvalue weighted by atomic mass is 10.1. The van der Waals surface area contributed by atoms with E-state index in [4.69, 9.17) is 5.73 Å². The lowest BCUT2D eigenvalue weighted by Crippen LogP contribution is -2.33. The molecule has 4 nitrogen and oxygen atoms in total. The van der Waals surface area contributed by atoms with Crippen molar-refractivity contribution in [1.29, 1.82) is 0 Å². The Balaban J connectivity index is 2.49. The minimum atomic E-state index is 0.268. The van der Waals surface area contributed by atoms with Crippen molar-refractivity contribution >= 4 is 16.6 Å². The van der Waals surface area contributed by atoms with Gasteiger partial charge in [-0.25, -0.2) is 4.98 Å². The van der Waals surface area contributed by atoms with E-state index in [0.717, 1.165) is 29.6 Å². The van der Waals surface area contributed by atoms with Gasteiger partial charge in [-0.05, 0) is 50.4 Å². The van der Waals surface area contributed by atoms with E-state index in [1.807, 2.05) is 18.3 Å². The maximum absolute atomic E-state index is 9.68. The highest BCUT2D eigenvalue weighted by Gasteiger charge is 2.14. The van der Waals surface area contributed by atoms with Gasteiger partial charge in [-0.3, -0.25) is 0 Å². The average Bonchev–Trinajstić information content (AvgIpc) is 2.39. The topological polar surface area (TPSA) is 62.4 Å². The van der Waals surface area contributed by atoms with E-state index in [1.165, 1.54) is 0 Å². The lowest BCUT2D eigenvalue weighted by molar-refractivity contribution is 0.476. The molecule has 19 heavy (non-hydrogen) atoms. The summed E-state index contributed by atoms with van der Waals surface area (Å²) in [6, 6.07) is 7.69. The molecule has 0 aliphatic carbocycles. The van der Waals surface area contributed by atoms with Gasteiger partial charge in [0.15, 0.2) is 0 Å². The van der Waals surface area contributed by atoms with Crippen molar-refractivity contribution in [3.63, 3.8) is 0 Å². The third-order valence-corrected chi connectivity index (χ3v) is 3.23. The first kappa shape index (κ1) is 13.6. The van der Waals surface area contributed by atoms with Gasteiger partial charge in [0.2, 0.25) is 0 Å². The van der Waals surface area contributed by atoms with E-state index in [1.54, 1.807) is 12.1 Å². The summed E-state index contributed by atoms with van der Waals surface area (Å²) >= 11 is 0.